The highest BCUT2D eigenvalue weighted by Gasteiger charge is 2.44. The maximum absolute atomic E-state index is 10.1. The fraction of sp³-hybridized carbons (Fsp3) is 0.682. The molecule has 1 atom stereocenters. The van der Waals surface area contributed by atoms with Crippen LogP contribution in [0.3, 0.4) is 0 Å². The van der Waals surface area contributed by atoms with Crippen molar-refractivity contribution in [2.24, 2.45) is 11.3 Å². The molecule has 2 heterocycles. The molecule has 0 radical (unpaired) electrons. The van der Waals surface area contributed by atoms with Crippen LogP contribution >= 0.6 is 11.8 Å². The van der Waals surface area contributed by atoms with Crippen molar-refractivity contribution in [1.29, 1.82) is 5.26 Å². The number of thioether (sulfide) groups is 1. The zero-order chi connectivity index (χ0) is 19.1. The van der Waals surface area contributed by atoms with Crippen LogP contribution in [-0.2, 0) is 6.54 Å². The van der Waals surface area contributed by atoms with E-state index in [0.717, 1.165) is 19.6 Å². The van der Waals surface area contributed by atoms with Gasteiger partial charge in [0, 0.05) is 25.6 Å². The number of aliphatic hydroxyl groups is 1. The van der Waals surface area contributed by atoms with Crippen molar-refractivity contribution in [3.63, 3.8) is 0 Å². The van der Waals surface area contributed by atoms with Crippen molar-refractivity contribution < 1.29 is 5.11 Å². The molecule has 3 rings (SSSR count). The Morgan fingerprint density at radius 3 is 2.41 bits per heavy atom. The summed E-state index contributed by atoms with van der Waals surface area (Å²) in [7, 11) is 0. The first-order valence-electron chi connectivity index (χ1n) is 10.2. The minimum Gasteiger partial charge on any atom is -0.396 e. The van der Waals surface area contributed by atoms with Gasteiger partial charge in [0.05, 0.1) is 11.6 Å². The Kier molecular flexibility index (Phi) is 7.60. The van der Waals surface area contributed by atoms with E-state index in [1.54, 1.807) is 0 Å². The van der Waals surface area contributed by atoms with Gasteiger partial charge in [-0.05, 0) is 87.0 Å². The van der Waals surface area contributed by atoms with E-state index < -0.39 is 0 Å². The topological polar surface area (TPSA) is 50.5 Å². The summed E-state index contributed by atoms with van der Waals surface area (Å²) in [5.74, 6) is 1.64. The van der Waals surface area contributed by atoms with E-state index in [9.17, 15) is 5.11 Å². The Hall–Kier alpha value is -1.06. The molecular formula is C22H33N3OS. The molecule has 1 unspecified atom stereocenters. The van der Waals surface area contributed by atoms with Crippen LogP contribution in [-0.4, -0.2) is 66.2 Å². The van der Waals surface area contributed by atoms with Gasteiger partial charge in [0.25, 0.3) is 0 Å². The summed E-state index contributed by atoms with van der Waals surface area (Å²) < 4.78 is 0. The number of benzene rings is 1. The predicted octanol–water partition coefficient (Wildman–Crippen LogP) is 3.21. The van der Waals surface area contributed by atoms with E-state index in [-0.39, 0.29) is 0 Å². The van der Waals surface area contributed by atoms with Crippen LogP contribution in [0.5, 0.6) is 0 Å². The van der Waals surface area contributed by atoms with Gasteiger partial charge in [-0.2, -0.15) is 17.0 Å². The molecule has 0 aliphatic carbocycles. The average Bonchev–Trinajstić information content (AvgIpc) is 2.72. The summed E-state index contributed by atoms with van der Waals surface area (Å²) in [6, 6.07) is 10.1. The van der Waals surface area contributed by atoms with Crippen molar-refractivity contribution in [2.45, 2.75) is 32.2 Å². The summed E-state index contributed by atoms with van der Waals surface area (Å²) in [6.07, 6.45) is 7.15. The predicted molar refractivity (Wildman–Crippen MR) is 113 cm³/mol. The standard InChI is InChI=1S/C22H33N3OS/c1-27-14-2-10-24-11-7-22(8-12-24)9-13-25(17-21(22)18-26)16-20-5-3-19(15-23)4-6-20/h3-6,21,26H,2,7-14,16-18H2,1H3. The number of hydrogen-bond donors (Lipinski definition) is 1. The van der Waals surface area contributed by atoms with Gasteiger partial charge in [0.1, 0.15) is 0 Å². The molecular weight excluding hydrogens is 354 g/mol. The molecule has 2 aliphatic heterocycles. The Bertz CT molecular complexity index is 619. The number of hydrogen-bond acceptors (Lipinski definition) is 5. The Balaban J connectivity index is 1.53. The zero-order valence-electron chi connectivity index (χ0n) is 16.6. The van der Waals surface area contributed by atoms with Gasteiger partial charge in [-0.1, -0.05) is 12.1 Å². The van der Waals surface area contributed by atoms with Crippen LogP contribution in [0.1, 0.15) is 36.8 Å². The molecule has 27 heavy (non-hydrogen) atoms. The second kappa shape index (κ2) is 9.93. The van der Waals surface area contributed by atoms with Crippen molar-refractivity contribution in [2.75, 3.05) is 51.3 Å². The molecule has 2 fully saturated rings. The maximum Gasteiger partial charge on any atom is 0.0991 e. The smallest absolute Gasteiger partial charge is 0.0991 e. The van der Waals surface area contributed by atoms with Crippen molar-refractivity contribution in [3.8, 4) is 6.07 Å². The van der Waals surface area contributed by atoms with Crippen molar-refractivity contribution in [3.05, 3.63) is 35.4 Å². The van der Waals surface area contributed by atoms with Crippen LogP contribution in [0.15, 0.2) is 24.3 Å². The molecule has 0 saturated carbocycles. The molecule has 4 nitrogen and oxygen atoms in total. The van der Waals surface area contributed by atoms with E-state index in [1.807, 2.05) is 23.9 Å². The molecule has 1 aromatic rings. The fourth-order valence-corrected chi connectivity index (χ4v) is 5.25. The molecule has 1 aromatic carbocycles. The molecule has 0 bridgehead atoms. The lowest BCUT2D eigenvalue weighted by Crippen LogP contribution is -2.53. The molecule has 0 amide bonds. The van der Waals surface area contributed by atoms with Gasteiger partial charge in [-0.15, -0.1) is 0 Å². The highest BCUT2D eigenvalue weighted by molar-refractivity contribution is 7.98. The normalized spacial score (nSPS) is 23.4. The van der Waals surface area contributed by atoms with Gasteiger partial charge in [0.15, 0.2) is 0 Å². The molecule has 2 saturated heterocycles. The molecule has 2 aliphatic rings. The SMILES string of the molecule is CSCCCN1CCC2(CC1)CCN(Cc1ccc(C#N)cc1)CC2CO. The lowest BCUT2D eigenvalue weighted by molar-refractivity contribution is -0.0436. The lowest BCUT2D eigenvalue weighted by atomic mass is 9.64. The second-order valence-electron chi connectivity index (χ2n) is 8.22. The third kappa shape index (κ3) is 5.26. The number of aliphatic hydroxyl groups excluding tert-OH is 1. The van der Waals surface area contributed by atoms with Gasteiger partial charge < -0.3 is 10.0 Å². The minimum absolute atomic E-state index is 0.302. The number of nitriles is 1. The minimum atomic E-state index is 0.302. The Morgan fingerprint density at radius 1 is 1.15 bits per heavy atom. The van der Waals surface area contributed by atoms with Gasteiger partial charge in [0.2, 0.25) is 0 Å². The molecule has 148 valence electrons. The number of rotatable bonds is 7. The average molecular weight is 388 g/mol. The van der Waals surface area contributed by atoms with Crippen LogP contribution < -0.4 is 0 Å². The van der Waals surface area contributed by atoms with Crippen LogP contribution in [0.4, 0.5) is 0 Å². The first-order valence-corrected chi connectivity index (χ1v) is 11.6. The summed E-state index contributed by atoms with van der Waals surface area (Å²) in [5.41, 5.74) is 2.31. The van der Waals surface area contributed by atoms with E-state index >= 15 is 0 Å². The van der Waals surface area contributed by atoms with E-state index in [4.69, 9.17) is 5.26 Å². The van der Waals surface area contributed by atoms with Crippen LogP contribution in [0.25, 0.3) is 0 Å². The lowest BCUT2D eigenvalue weighted by Gasteiger charge is -2.51. The quantitative estimate of drug-likeness (QED) is 0.728. The third-order valence-electron chi connectivity index (χ3n) is 6.65. The third-order valence-corrected chi connectivity index (χ3v) is 7.35. The van der Waals surface area contributed by atoms with Crippen LogP contribution in [0.2, 0.25) is 0 Å². The van der Waals surface area contributed by atoms with E-state index in [2.05, 4.69) is 34.3 Å². The van der Waals surface area contributed by atoms with Crippen molar-refractivity contribution >= 4 is 11.8 Å². The largest absolute Gasteiger partial charge is 0.396 e. The monoisotopic (exact) mass is 387 g/mol. The second-order valence-corrected chi connectivity index (χ2v) is 9.21. The molecule has 0 aromatic heterocycles. The zero-order valence-corrected chi connectivity index (χ0v) is 17.4. The molecule has 1 N–H and O–H groups in total. The summed E-state index contributed by atoms with van der Waals surface area (Å²) in [4.78, 5) is 5.11. The number of nitrogens with zero attached hydrogens (tertiary/aromatic N) is 3. The highest BCUT2D eigenvalue weighted by atomic mass is 32.2. The van der Waals surface area contributed by atoms with Gasteiger partial charge >= 0.3 is 0 Å². The van der Waals surface area contributed by atoms with Crippen molar-refractivity contribution in [1.82, 2.24) is 9.80 Å². The van der Waals surface area contributed by atoms with E-state index in [1.165, 1.54) is 56.6 Å². The molecule has 5 heteroatoms. The number of likely N-dealkylation sites (tertiary alicyclic amines) is 2. The number of piperidine rings is 2. The first kappa shape index (κ1) is 20.7. The van der Waals surface area contributed by atoms with Gasteiger partial charge in [-0.3, -0.25) is 4.90 Å². The van der Waals surface area contributed by atoms with E-state index in [0.29, 0.717) is 23.5 Å². The Morgan fingerprint density at radius 2 is 1.81 bits per heavy atom. The van der Waals surface area contributed by atoms with Crippen LogP contribution in [0, 0.1) is 22.7 Å². The van der Waals surface area contributed by atoms with Gasteiger partial charge in [-0.25, -0.2) is 0 Å². The fourth-order valence-electron chi connectivity index (χ4n) is 4.83. The highest BCUT2D eigenvalue weighted by Crippen LogP contribution is 2.45. The summed E-state index contributed by atoms with van der Waals surface area (Å²) in [6.45, 7) is 6.94. The first-order chi connectivity index (χ1) is 13.2. The maximum atomic E-state index is 10.1. The summed E-state index contributed by atoms with van der Waals surface area (Å²) >= 11 is 1.94. The summed E-state index contributed by atoms with van der Waals surface area (Å²) in [5, 5.41) is 19.1. The Labute approximate surface area is 168 Å². The molecule has 1 spiro atoms.